The maximum absolute atomic E-state index is 12.9. The zero-order valence-electron chi connectivity index (χ0n) is 16.3. The molecule has 0 spiro atoms. The maximum atomic E-state index is 12.9. The first-order chi connectivity index (χ1) is 14.2. The minimum absolute atomic E-state index is 0.0402. The Bertz CT molecular complexity index is 1030. The number of carbonyl (C=O) groups is 1. The van der Waals surface area contributed by atoms with Gasteiger partial charge < -0.3 is 10.2 Å². The lowest BCUT2D eigenvalue weighted by Crippen LogP contribution is -2.38. The van der Waals surface area contributed by atoms with Crippen LogP contribution in [-0.2, 0) is 6.54 Å². The van der Waals surface area contributed by atoms with Crippen molar-refractivity contribution in [1.82, 2.24) is 9.80 Å². The summed E-state index contributed by atoms with van der Waals surface area (Å²) in [5, 5.41) is 14.2. The second-order valence-electron chi connectivity index (χ2n) is 7.38. The highest BCUT2D eigenvalue weighted by Crippen LogP contribution is 2.23. The average molecular weight is 384 g/mol. The third-order valence-electron chi connectivity index (χ3n) is 5.40. The molecule has 1 aliphatic rings. The molecular formula is C24H24N4O. The number of hydrogen-bond donors (Lipinski definition) is 1. The number of fused-ring (bicyclic) bond motifs is 1. The SMILES string of the molecule is N#Cc1ccc(CN2CCCN(C(=O)Nc3cccc4ccccc34)CC2)cc1. The molecule has 0 bridgehead atoms. The van der Waals surface area contributed by atoms with Crippen molar-refractivity contribution >= 4 is 22.5 Å². The maximum Gasteiger partial charge on any atom is 0.321 e. The predicted molar refractivity (Wildman–Crippen MR) is 116 cm³/mol. The summed E-state index contributed by atoms with van der Waals surface area (Å²) in [6.07, 6.45) is 0.944. The van der Waals surface area contributed by atoms with E-state index in [1.54, 1.807) is 0 Å². The first-order valence-electron chi connectivity index (χ1n) is 9.98. The van der Waals surface area contributed by atoms with Crippen LogP contribution in [0.25, 0.3) is 10.8 Å². The van der Waals surface area contributed by atoms with Crippen molar-refractivity contribution < 1.29 is 4.79 Å². The molecular weight excluding hydrogens is 360 g/mol. The molecule has 1 fully saturated rings. The van der Waals surface area contributed by atoms with E-state index in [4.69, 9.17) is 5.26 Å². The molecule has 3 aromatic rings. The van der Waals surface area contributed by atoms with Crippen molar-refractivity contribution in [1.29, 1.82) is 5.26 Å². The number of nitrogens with zero attached hydrogens (tertiary/aromatic N) is 3. The Labute approximate surface area is 171 Å². The van der Waals surface area contributed by atoms with Gasteiger partial charge in [0.1, 0.15) is 0 Å². The number of carbonyl (C=O) groups excluding carboxylic acids is 1. The zero-order chi connectivity index (χ0) is 20.1. The van der Waals surface area contributed by atoms with Gasteiger partial charge in [-0.1, -0.05) is 48.5 Å². The molecule has 0 atom stereocenters. The predicted octanol–water partition coefficient (Wildman–Crippen LogP) is 4.45. The van der Waals surface area contributed by atoms with Crippen LogP contribution in [0, 0.1) is 11.3 Å². The highest BCUT2D eigenvalue weighted by atomic mass is 16.2. The minimum Gasteiger partial charge on any atom is -0.323 e. The van der Waals surface area contributed by atoms with Gasteiger partial charge in [-0.15, -0.1) is 0 Å². The molecule has 5 heteroatoms. The van der Waals surface area contributed by atoms with Crippen LogP contribution >= 0.6 is 0 Å². The van der Waals surface area contributed by atoms with Gasteiger partial charge in [-0.2, -0.15) is 5.26 Å². The molecule has 3 aromatic carbocycles. The van der Waals surface area contributed by atoms with E-state index in [1.165, 1.54) is 5.56 Å². The fourth-order valence-electron chi connectivity index (χ4n) is 3.80. The fraction of sp³-hybridized carbons (Fsp3) is 0.250. The highest BCUT2D eigenvalue weighted by molar-refractivity contribution is 6.01. The first-order valence-corrected chi connectivity index (χ1v) is 9.98. The number of urea groups is 1. The molecule has 29 heavy (non-hydrogen) atoms. The topological polar surface area (TPSA) is 59.4 Å². The first kappa shape index (κ1) is 19.0. The summed E-state index contributed by atoms with van der Waals surface area (Å²) in [4.78, 5) is 17.1. The van der Waals surface area contributed by atoms with Crippen molar-refractivity contribution in [2.24, 2.45) is 0 Å². The van der Waals surface area contributed by atoms with Crippen molar-refractivity contribution in [2.75, 3.05) is 31.5 Å². The number of rotatable bonds is 3. The summed E-state index contributed by atoms with van der Waals surface area (Å²) in [5.74, 6) is 0. The number of amides is 2. The smallest absolute Gasteiger partial charge is 0.321 e. The molecule has 0 aliphatic carbocycles. The van der Waals surface area contributed by atoms with Gasteiger partial charge in [0.25, 0.3) is 0 Å². The summed E-state index contributed by atoms with van der Waals surface area (Å²) in [5.41, 5.74) is 2.73. The van der Waals surface area contributed by atoms with Gasteiger partial charge in [0.05, 0.1) is 17.3 Å². The van der Waals surface area contributed by atoms with Gasteiger partial charge >= 0.3 is 6.03 Å². The normalized spacial score (nSPS) is 14.9. The van der Waals surface area contributed by atoms with E-state index < -0.39 is 0 Å². The van der Waals surface area contributed by atoms with E-state index in [-0.39, 0.29) is 6.03 Å². The van der Waals surface area contributed by atoms with E-state index in [0.717, 1.165) is 49.1 Å². The molecule has 146 valence electrons. The lowest BCUT2D eigenvalue weighted by atomic mass is 10.1. The van der Waals surface area contributed by atoms with E-state index in [2.05, 4.69) is 28.4 Å². The van der Waals surface area contributed by atoms with E-state index in [9.17, 15) is 4.79 Å². The molecule has 0 aromatic heterocycles. The van der Waals surface area contributed by atoms with Gasteiger partial charge in [-0.3, -0.25) is 4.90 Å². The number of anilines is 1. The van der Waals surface area contributed by atoms with Crippen LogP contribution < -0.4 is 5.32 Å². The summed E-state index contributed by atoms with van der Waals surface area (Å²) >= 11 is 0. The minimum atomic E-state index is -0.0402. The van der Waals surface area contributed by atoms with Crippen LogP contribution in [0.4, 0.5) is 10.5 Å². The lowest BCUT2D eigenvalue weighted by molar-refractivity contribution is 0.211. The Balaban J connectivity index is 1.37. The summed E-state index contributed by atoms with van der Waals surface area (Å²) < 4.78 is 0. The van der Waals surface area contributed by atoms with Crippen molar-refractivity contribution in [3.63, 3.8) is 0 Å². The fourth-order valence-corrected chi connectivity index (χ4v) is 3.80. The number of hydrogen-bond acceptors (Lipinski definition) is 3. The second-order valence-corrected chi connectivity index (χ2v) is 7.38. The Hall–Kier alpha value is -3.36. The van der Waals surface area contributed by atoms with Crippen LogP contribution in [0.2, 0.25) is 0 Å². The van der Waals surface area contributed by atoms with Crippen molar-refractivity contribution in [2.45, 2.75) is 13.0 Å². The van der Waals surface area contributed by atoms with Crippen LogP contribution in [0.5, 0.6) is 0 Å². The van der Waals surface area contributed by atoms with Gasteiger partial charge in [0.2, 0.25) is 0 Å². The summed E-state index contributed by atoms with van der Waals surface area (Å²) in [6, 6.07) is 23.9. The van der Waals surface area contributed by atoms with Crippen LogP contribution in [0.15, 0.2) is 66.7 Å². The molecule has 0 saturated carbocycles. The number of nitrogens with one attached hydrogen (secondary N) is 1. The third-order valence-corrected chi connectivity index (χ3v) is 5.40. The number of nitriles is 1. The Morgan fingerprint density at radius 2 is 1.72 bits per heavy atom. The van der Waals surface area contributed by atoms with Gasteiger partial charge in [0.15, 0.2) is 0 Å². The van der Waals surface area contributed by atoms with E-state index in [1.807, 2.05) is 59.5 Å². The molecule has 0 radical (unpaired) electrons. The van der Waals surface area contributed by atoms with Crippen LogP contribution in [0.1, 0.15) is 17.5 Å². The molecule has 1 saturated heterocycles. The van der Waals surface area contributed by atoms with Gasteiger partial charge in [0, 0.05) is 38.1 Å². The summed E-state index contributed by atoms with van der Waals surface area (Å²) in [6.45, 7) is 4.08. The molecule has 5 nitrogen and oxygen atoms in total. The van der Waals surface area contributed by atoms with Gasteiger partial charge in [-0.25, -0.2) is 4.79 Å². The molecule has 4 rings (SSSR count). The monoisotopic (exact) mass is 384 g/mol. The van der Waals surface area contributed by atoms with Crippen LogP contribution in [0.3, 0.4) is 0 Å². The molecule has 1 heterocycles. The second kappa shape index (κ2) is 8.76. The van der Waals surface area contributed by atoms with Crippen LogP contribution in [-0.4, -0.2) is 42.0 Å². The van der Waals surface area contributed by atoms with E-state index >= 15 is 0 Å². The van der Waals surface area contributed by atoms with Gasteiger partial charge in [-0.05, 0) is 35.6 Å². The number of benzene rings is 3. The Kier molecular flexibility index (Phi) is 5.73. The third kappa shape index (κ3) is 4.56. The average Bonchev–Trinajstić information content (AvgIpc) is 3.00. The van der Waals surface area contributed by atoms with E-state index in [0.29, 0.717) is 12.1 Å². The molecule has 2 amide bonds. The zero-order valence-corrected chi connectivity index (χ0v) is 16.3. The lowest BCUT2D eigenvalue weighted by Gasteiger charge is -2.22. The van der Waals surface area contributed by atoms with Crippen molar-refractivity contribution in [3.05, 3.63) is 77.9 Å². The Morgan fingerprint density at radius 3 is 2.55 bits per heavy atom. The van der Waals surface area contributed by atoms with Crippen molar-refractivity contribution in [3.8, 4) is 6.07 Å². The molecule has 0 unspecified atom stereocenters. The standard InChI is InChI=1S/C24H24N4O/c25-17-19-9-11-20(12-10-19)18-27-13-4-14-28(16-15-27)24(29)26-23-8-3-6-21-5-1-2-7-22(21)23/h1-3,5-12H,4,13-16,18H2,(H,26,29). The summed E-state index contributed by atoms with van der Waals surface area (Å²) in [7, 11) is 0. The quantitative estimate of drug-likeness (QED) is 0.726. The molecule has 1 aliphatic heterocycles. The Morgan fingerprint density at radius 1 is 0.931 bits per heavy atom. The molecule has 1 N–H and O–H groups in total. The largest absolute Gasteiger partial charge is 0.323 e. The highest BCUT2D eigenvalue weighted by Gasteiger charge is 2.19.